The van der Waals surface area contributed by atoms with Crippen LogP contribution >= 0.6 is 0 Å². The second kappa shape index (κ2) is 6.61. The molecule has 1 atom stereocenters. The van der Waals surface area contributed by atoms with E-state index in [9.17, 15) is 8.78 Å². The topological polar surface area (TPSA) is 32.5 Å². The van der Waals surface area contributed by atoms with Gasteiger partial charge >= 0.3 is 0 Å². The van der Waals surface area contributed by atoms with Gasteiger partial charge in [0, 0.05) is 18.2 Å². The summed E-state index contributed by atoms with van der Waals surface area (Å²) < 4.78 is 27.9. The van der Waals surface area contributed by atoms with Crippen molar-refractivity contribution in [3.63, 3.8) is 0 Å². The second-order valence-electron chi connectivity index (χ2n) is 5.59. The molecule has 1 aromatic carbocycles. The molecule has 1 heterocycles. The fourth-order valence-electron chi connectivity index (χ4n) is 2.97. The van der Waals surface area contributed by atoms with Gasteiger partial charge < -0.3 is 10.6 Å². The van der Waals surface area contributed by atoms with Crippen molar-refractivity contribution in [3.05, 3.63) is 35.4 Å². The van der Waals surface area contributed by atoms with E-state index in [1.807, 2.05) is 11.9 Å². The molecule has 0 amide bonds. The van der Waals surface area contributed by atoms with Crippen LogP contribution in [0.5, 0.6) is 0 Å². The maximum Gasteiger partial charge on any atom is 0.130 e. The van der Waals surface area contributed by atoms with Crippen molar-refractivity contribution in [2.24, 2.45) is 5.73 Å². The predicted octanol–water partition coefficient (Wildman–Crippen LogP) is 1.99. The highest BCUT2D eigenvalue weighted by atomic mass is 19.1. The molecular formula is C15H23F2N3. The van der Waals surface area contributed by atoms with Crippen LogP contribution in [0.15, 0.2) is 18.2 Å². The number of hydrogen-bond acceptors (Lipinski definition) is 3. The first-order valence-electron chi connectivity index (χ1n) is 7.09. The fourth-order valence-corrected chi connectivity index (χ4v) is 2.97. The number of piperidine rings is 1. The van der Waals surface area contributed by atoms with Crippen LogP contribution in [0.1, 0.15) is 24.4 Å². The number of likely N-dealkylation sites (N-methyl/N-ethyl adjacent to an activating group) is 1. The first kappa shape index (κ1) is 15.4. The average molecular weight is 283 g/mol. The summed E-state index contributed by atoms with van der Waals surface area (Å²) >= 11 is 0. The summed E-state index contributed by atoms with van der Waals surface area (Å²) in [6, 6.07) is 3.88. The van der Waals surface area contributed by atoms with Crippen LogP contribution in [0.4, 0.5) is 8.78 Å². The third kappa shape index (κ3) is 3.16. The van der Waals surface area contributed by atoms with Gasteiger partial charge in [-0.05, 0) is 52.2 Å². The maximum absolute atomic E-state index is 13.9. The highest BCUT2D eigenvalue weighted by molar-refractivity contribution is 5.24. The molecule has 1 aliphatic heterocycles. The Labute approximate surface area is 119 Å². The first-order valence-corrected chi connectivity index (χ1v) is 7.09. The van der Waals surface area contributed by atoms with Gasteiger partial charge in [0.05, 0.1) is 6.04 Å². The van der Waals surface area contributed by atoms with Crippen molar-refractivity contribution in [2.45, 2.75) is 24.9 Å². The molecule has 20 heavy (non-hydrogen) atoms. The Morgan fingerprint density at radius 3 is 2.35 bits per heavy atom. The fraction of sp³-hybridized carbons (Fsp3) is 0.600. The zero-order chi connectivity index (χ0) is 14.7. The third-order valence-electron chi connectivity index (χ3n) is 4.31. The van der Waals surface area contributed by atoms with E-state index in [1.54, 1.807) is 0 Å². The minimum atomic E-state index is -0.514. The molecule has 0 bridgehead atoms. The lowest BCUT2D eigenvalue weighted by Crippen LogP contribution is -2.45. The van der Waals surface area contributed by atoms with Crippen LogP contribution in [0.2, 0.25) is 0 Å². The minimum Gasteiger partial charge on any atom is -0.329 e. The average Bonchev–Trinajstić information content (AvgIpc) is 2.43. The molecule has 3 nitrogen and oxygen atoms in total. The van der Waals surface area contributed by atoms with Gasteiger partial charge in [0.25, 0.3) is 0 Å². The van der Waals surface area contributed by atoms with Gasteiger partial charge in [-0.15, -0.1) is 0 Å². The molecule has 0 spiro atoms. The van der Waals surface area contributed by atoms with Gasteiger partial charge in [0.15, 0.2) is 0 Å². The zero-order valence-corrected chi connectivity index (χ0v) is 12.1. The lowest BCUT2D eigenvalue weighted by atomic mass is 9.98. The quantitative estimate of drug-likeness (QED) is 0.917. The van der Waals surface area contributed by atoms with Crippen molar-refractivity contribution in [3.8, 4) is 0 Å². The molecule has 0 aromatic heterocycles. The van der Waals surface area contributed by atoms with E-state index in [-0.39, 0.29) is 12.1 Å². The summed E-state index contributed by atoms with van der Waals surface area (Å²) in [7, 11) is 4.01. The van der Waals surface area contributed by atoms with E-state index in [1.165, 1.54) is 18.2 Å². The van der Waals surface area contributed by atoms with Crippen LogP contribution in [0, 0.1) is 11.6 Å². The number of halogens is 2. The maximum atomic E-state index is 13.9. The van der Waals surface area contributed by atoms with Crippen molar-refractivity contribution in [1.82, 2.24) is 9.80 Å². The van der Waals surface area contributed by atoms with Crippen molar-refractivity contribution in [2.75, 3.05) is 33.7 Å². The summed E-state index contributed by atoms with van der Waals surface area (Å²) in [5, 5.41) is 0. The standard InChI is InChI=1S/C15H23F2N3/c1-19-8-6-11(7-9-19)20(2)14(10-18)15-12(16)4-3-5-13(15)17/h3-5,11,14H,6-10,18H2,1-2H3. The Kier molecular flexibility index (Phi) is 5.07. The highest BCUT2D eigenvalue weighted by Crippen LogP contribution is 2.28. The Morgan fingerprint density at radius 1 is 1.30 bits per heavy atom. The molecule has 0 radical (unpaired) electrons. The Bertz CT molecular complexity index is 424. The normalized spacial score (nSPS) is 19.5. The SMILES string of the molecule is CN1CCC(N(C)C(CN)c2c(F)cccc2F)CC1. The van der Waals surface area contributed by atoms with Gasteiger partial charge in [-0.1, -0.05) is 6.07 Å². The molecule has 2 N–H and O–H groups in total. The number of nitrogens with zero attached hydrogens (tertiary/aromatic N) is 2. The van der Waals surface area contributed by atoms with Crippen LogP contribution in [0.25, 0.3) is 0 Å². The second-order valence-corrected chi connectivity index (χ2v) is 5.59. The number of likely N-dealkylation sites (tertiary alicyclic amines) is 1. The molecule has 1 saturated heterocycles. The van der Waals surface area contributed by atoms with E-state index in [0.717, 1.165) is 25.9 Å². The number of rotatable bonds is 4. The Morgan fingerprint density at radius 2 is 1.85 bits per heavy atom. The molecule has 2 rings (SSSR count). The van der Waals surface area contributed by atoms with E-state index in [2.05, 4.69) is 11.9 Å². The van der Waals surface area contributed by atoms with Crippen molar-refractivity contribution < 1.29 is 8.78 Å². The molecule has 5 heteroatoms. The van der Waals surface area contributed by atoms with Gasteiger partial charge in [0.2, 0.25) is 0 Å². The predicted molar refractivity (Wildman–Crippen MR) is 76.4 cm³/mol. The van der Waals surface area contributed by atoms with Gasteiger partial charge in [0.1, 0.15) is 11.6 Å². The molecule has 0 aliphatic carbocycles. The number of nitrogens with two attached hydrogens (primary N) is 1. The van der Waals surface area contributed by atoms with Gasteiger partial charge in [-0.25, -0.2) is 8.78 Å². The molecular weight excluding hydrogens is 260 g/mol. The van der Waals surface area contributed by atoms with Crippen LogP contribution in [-0.4, -0.2) is 49.6 Å². The molecule has 0 saturated carbocycles. The van der Waals surface area contributed by atoms with E-state index < -0.39 is 17.7 Å². The molecule has 1 unspecified atom stereocenters. The zero-order valence-electron chi connectivity index (χ0n) is 12.1. The molecule has 1 aromatic rings. The lowest BCUT2D eigenvalue weighted by molar-refractivity contribution is 0.106. The largest absolute Gasteiger partial charge is 0.329 e. The van der Waals surface area contributed by atoms with Crippen LogP contribution in [-0.2, 0) is 0 Å². The lowest BCUT2D eigenvalue weighted by Gasteiger charge is -2.39. The van der Waals surface area contributed by atoms with E-state index in [0.29, 0.717) is 6.04 Å². The third-order valence-corrected chi connectivity index (χ3v) is 4.31. The number of benzene rings is 1. The van der Waals surface area contributed by atoms with Crippen LogP contribution in [0.3, 0.4) is 0 Å². The number of hydrogen-bond donors (Lipinski definition) is 1. The van der Waals surface area contributed by atoms with Crippen molar-refractivity contribution >= 4 is 0 Å². The summed E-state index contributed by atoms with van der Waals surface area (Å²) in [6.07, 6.45) is 2.00. The first-order chi connectivity index (χ1) is 9.54. The molecule has 1 fully saturated rings. The minimum absolute atomic E-state index is 0.0939. The monoisotopic (exact) mass is 283 g/mol. The molecule has 112 valence electrons. The summed E-state index contributed by atoms with van der Waals surface area (Å²) in [5.41, 5.74) is 5.89. The highest BCUT2D eigenvalue weighted by Gasteiger charge is 2.29. The van der Waals surface area contributed by atoms with Crippen LogP contribution < -0.4 is 5.73 Å². The van der Waals surface area contributed by atoms with E-state index >= 15 is 0 Å². The Balaban J connectivity index is 2.19. The summed E-state index contributed by atoms with van der Waals surface area (Å²) in [5.74, 6) is -1.03. The summed E-state index contributed by atoms with van der Waals surface area (Å²) in [4.78, 5) is 4.31. The Hall–Kier alpha value is -1.04. The van der Waals surface area contributed by atoms with Gasteiger partial charge in [-0.3, -0.25) is 4.90 Å². The summed E-state index contributed by atoms with van der Waals surface area (Å²) in [6.45, 7) is 2.22. The van der Waals surface area contributed by atoms with E-state index in [4.69, 9.17) is 5.73 Å². The molecule has 1 aliphatic rings. The van der Waals surface area contributed by atoms with Gasteiger partial charge in [-0.2, -0.15) is 0 Å². The smallest absolute Gasteiger partial charge is 0.130 e. The van der Waals surface area contributed by atoms with Crippen molar-refractivity contribution in [1.29, 1.82) is 0 Å².